The van der Waals surface area contributed by atoms with Gasteiger partial charge in [0.25, 0.3) is 0 Å². The standard InChI is InChI=1S/C10H9F2NO2S/c11-6-2-1-5(3-7(6)12)9-13-8(4-16-9)10(14)15/h1-3,8-9,13H,4H2,(H,14,15)/t8-,9?/m0/s1. The van der Waals surface area contributed by atoms with Gasteiger partial charge >= 0.3 is 5.97 Å². The highest BCUT2D eigenvalue weighted by Crippen LogP contribution is 2.33. The first kappa shape index (κ1) is 11.3. The Hall–Kier alpha value is -1.14. The minimum absolute atomic E-state index is 0.295. The molecule has 0 radical (unpaired) electrons. The summed E-state index contributed by atoms with van der Waals surface area (Å²) in [5.74, 6) is -2.34. The van der Waals surface area contributed by atoms with Crippen molar-refractivity contribution in [3.63, 3.8) is 0 Å². The molecule has 0 aliphatic carbocycles. The number of hydrogen-bond acceptors (Lipinski definition) is 3. The molecule has 1 aliphatic rings. The molecule has 1 aromatic rings. The van der Waals surface area contributed by atoms with Crippen molar-refractivity contribution >= 4 is 17.7 Å². The molecule has 2 atom stereocenters. The molecule has 0 spiro atoms. The molecule has 1 aliphatic heterocycles. The maximum Gasteiger partial charge on any atom is 0.321 e. The lowest BCUT2D eigenvalue weighted by Crippen LogP contribution is -2.33. The van der Waals surface area contributed by atoms with Crippen molar-refractivity contribution in [3.05, 3.63) is 35.4 Å². The molecule has 1 aromatic carbocycles. The predicted octanol–water partition coefficient (Wildman–Crippen LogP) is 1.75. The zero-order valence-electron chi connectivity index (χ0n) is 8.11. The summed E-state index contributed by atoms with van der Waals surface area (Å²) < 4.78 is 25.7. The van der Waals surface area contributed by atoms with Crippen LogP contribution in [0.1, 0.15) is 10.9 Å². The van der Waals surface area contributed by atoms with Gasteiger partial charge < -0.3 is 5.11 Å². The fourth-order valence-electron chi connectivity index (χ4n) is 1.48. The van der Waals surface area contributed by atoms with Crippen LogP contribution in [0.5, 0.6) is 0 Å². The van der Waals surface area contributed by atoms with E-state index in [4.69, 9.17) is 5.11 Å². The van der Waals surface area contributed by atoms with Gasteiger partial charge in [0, 0.05) is 5.75 Å². The molecule has 3 nitrogen and oxygen atoms in total. The number of carbonyl (C=O) groups is 1. The van der Waals surface area contributed by atoms with E-state index in [2.05, 4.69) is 5.32 Å². The van der Waals surface area contributed by atoms with E-state index in [1.165, 1.54) is 17.8 Å². The highest BCUT2D eigenvalue weighted by molar-refractivity contribution is 7.99. The van der Waals surface area contributed by atoms with E-state index >= 15 is 0 Å². The molecule has 0 aromatic heterocycles. The number of thioether (sulfide) groups is 1. The summed E-state index contributed by atoms with van der Waals surface area (Å²) in [6.07, 6.45) is 0. The minimum atomic E-state index is -0.933. The third kappa shape index (κ3) is 2.17. The molecule has 16 heavy (non-hydrogen) atoms. The van der Waals surface area contributed by atoms with Crippen molar-refractivity contribution in [1.82, 2.24) is 5.32 Å². The first-order chi connectivity index (χ1) is 7.58. The van der Waals surface area contributed by atoms with Crippen molar-refractivity contribution in [1.29, 1.82) is 0 Å². The molecule has 1 fully saturated rings. The Kier molecular flexibility index (Phi) is 3.11. The van der Waals surface area contributed by atoms with Crippen LogP contribution in [0.25, 0.3) is 0 Å². The van der Waals surface area contributed by atoms with Crippen molar-refractivity contribution < 1.29 is 18.7 Å². The molecule has 6 heteroatoms. The van der Waals surface area contributed by atoms with Gasteiger partial charge in [0.15, 0.2) is 11.6 Å². The fraction of sp³-hybridized carbons (Fsp3) is 0.300. The lowest BCUT2D eigenvalue weighted by Gasteiger charge is -2.11. The third-order valence-electron chi connectivity index (χ3n) is 2.33. The maximum atomic E-state index is 13.0. The van der Waals surface area contributed by atoms with Crippen LogP contribution in [-0.2, 0) is 4.79 Å². The molecular formula is C10H9F2NO2S. The van der Waals surface area contributed by atoms with E-state index in [0.717, 1.165) is 12.1 Å². The Labute approximate surface area is 94.8 Å². The monoisotopic (exact) mass is 245 g/mol. The molecule has 1 saturated heterocycles. The Morgan fingerprint density at radius 2 is 2.19 bits per heavy atom. The topological polar surface area (TPSA) is 49.3 Å². The highest BCUT2D eigenvalue weighted by Gasteiger charge is 2.30. The van der Waals surface area contributed by atoms with Gasteiger partial charge in [-0.3, -0.25) is 10.1 Å². The zero-order chi connectivity index (χ0) is 11.7. The van der Waals surface area contributed by atoms with E-state index in [0.29, 0.717) is 11.3 Å². The van der Waals surface area contributed by atoms with Crippen LogP contribution in [0.4, 0.5) is 8.78 Å². The van der Waals surface area contributed by atoms with Crippen molar-refractivity contribution in [2.45, 2.75) is 11.4 Å². The summed E-state index contributed by atoms with van der Waals surface area (Å²) in [6.45, 7) is 0. The van der Waals surface area contributed by atoms with Gasteiger partial charge in [-0.1, -0.05) is 6.07 Å². The molecule has 2 N–H and O–H groups in total. The molecule has 0 bridgehead atoms. The summed E-state index contributed by atoms with van der Waals surface area (Å²) in [5.41, 5.74) is 0.549. The van der Waals surface area contributed by atoms with Gasteiger partial charge in [-0.05, 0) is 17.7 Å². The Bertz CT molecular complexity index is 427. The van der Waals surface area contributed by atoms with Crippen molar-refractivity contribution in [3.8, 4) is 0 Å². The van der Waals surface area contributed by atoms with E-state index in [9.17, 15) is 13.6 Å². The van der Waals surface area contributed by atoms with Crippen LogP contribution in [0.15, 0.2) is 18.2 Å². The normalized spacial score (nSPS) is 24.6. The predicted molar refractivity (Wildman–Crippen MR) is 56.1 cm³/mol. The molecular weight excluding hydrogens is 236 g/mol. The second kappa shape index (κ2) is 4.39. The SMILES string of the molecule is O=C(O)[C@@H]1CSC(c2ccc(F)c(F)c2)N1. The molecule has 0 amide bonds. The third-order valence-corrected chi connectivity index (χ3v) is 3.59. The number of aliphatic carboxylic acids is 1. The van der Waals surface area contributed by atoms with Gasteiger partial charge in [0.1, 0.15) is 6.04 Å². The largest absolute Gasteiger partial charge is 0.480 e. The summed E-state index contributed by atoms with van der Waals surface area (Å²) in [6, 6.07) is 2.95. The minimum Gasteiger partial charge on any atom is -0.480 e. The first-order valence-electron chi connectivity index (χ1n) is 4.63. The number of halogens is 2. The van der Waals surface area contributed by atoms with Gasteiger partial charge in [-0.2, -0.15) is 0 Å². The van der Waals surface area contributed by atoms with Crippen LogP contribution < -0.4 is 5.32 Å². The quantitative estimate of drug-likeness (QED) is 0.833. The van der Waals surface area contributed by atoms with Crippen LogP contribution in [0.3, 0.4) is 0 Å². The van der Waals surface area contributed by atoms with Gasteiger partial charge in [0.2, 0.25) is 0 Å². The molecule has 2 rings (SSSR count). The molecule has 1 unspecified atom stereocenters. The van der Waals surface area contributed by atoms with E-state index in [-0.39, 0.29) is 5.37 Å². The number of hydrogen-bond donors (Lipinski definition) is 2. The first-order valence-corrected chi connectivity index (χ1v) is 5.68. The summed E-state index contributed by atoms with van der Waals surface area (Å²) in [5, 5.41) is 11.3. The average Bonchev–Trinajstić information content (AvgIpc) is 2.71. The van der Waals surface area contributed by atoms with Gasteiger partial charge in [-0.15, -0.1) is 11.8 Å². The number of nitrogens with one attached hydrogen (secondary N) is 1. The zero-order valence-corrected chi connectivity index (χ0v) is 8.93. The van der Waals surface area contributed by atoms with E-state index in [1.807, 2.05) is 0 Å². The van der Waals surface area contributed by atoms with Gasteiger partial charge in [0.05, 0.1) is 5.37 Å². The lowest BCUT2D eigenvalue weighted by molar-refractivity contribution is -0.138. The van der Waals surface area contributed by atoms with Crippen molar-refractivity contribution in [2.75, 3.05) is 5.75 Å². The number of rotatable bonds is 2. The molecule has 86 valence electrons. The summed E-state index contributed by atoms with van der Waals surface area (Å²) >= 11 is 1.37. The van der Waals surface area contributed by atoms with E-state index < -0.39 is 23.6 Å². The van der Waals surface area contributed by atoms with Crippen LogP contribution in [0.2, 0.25) is 0 Å². The Balaban J connectivity index is 2.14. The highest BCUT2D eigenvalue weighted by atomic mass is 32.2. The van der Waals surface area contributed by atoms with Crippen molar-refractivity contribution in [2.24, 2.45) is 0 Å². The maximum absolute atomic E-state index is 13.0. The Morgan fingerprint density at radius 3 is 2.75 bits per heavy atom. The smallest absolute Gasteiger partial charge is 0.321 e. The number of carboxylic acids is 1. The van der Waals surface area contributed by atoms with Crippen LogP contribution in [-0.4, -0.2) is 22.9 Å². The van der Waals surface area contributed by atoms with Crippen LogP contribution >= 0.6 is 11.8 Å². The van der Waals surface area contributed by atoms with E-state index in [1.54, 1.807) is 0 Å². The molecule has 0 saturated carbocycles. The summed E-state index contributed by atoms with van der Waals surface area (Å²) in [4.78, 5) is 10.7. The second-order valence-corrected chi connectivity index (χ2v) is 4.58. The van der Waals surface area contributed by atoms with Gasteiger partial charge in [-0.25, -0.2) is 8.78 Å². The molecule has 1 heterocycles. The number of carboxylic acid groups (broad SMARTS) is 1. The lowest BCUT2D eigenvalue weighted by atomic mass is 10.2. The Morgan fingerprint density at radius 1 is 1.44 bits per heavy atom. The summed E-state index contributed by atoms with van der Waals surface area (Å²) in [7, 11) is 0. The number of benzene rings is 1. The second-order valence-electron chi connectivity index (χ2n) is 3.44. The fourth-order valence-corrected chi connectivity index (χ4v) is 2.71. The average molecular weight is 245 g/mol. The van der Waals surface area contributed by atoms with Crippen LogP contribution in [0, 0.1) is 11.6 Å².